The second-order valence-corrected chi connectivity index (χ2v) is 4.39. The highest BCUT2D eigenvalue weighted by Gasteiger charge is 2.05. The van der Waals surface area contributed by atoms with Crippen molar-refractivity contribution in [2.24, 2.45) is 0 Å². The predicted molar refractivity (Wildman–Crippen MR) is 82.9 cm³/mol. The van der Waals surface area contributed by atoms with Gasteiger partial charge in [0.2, 0.25) is 0 Å². The lowest BCUT2D eigenvalue weighted by Gasteiger charge is -2.14. The van der Waals surface area contributed by atoms with Gasteiger partial charge in [-0.3, -0.25) is 4.98 Å². The molecule has 0 spiro atoms. The van der Waals surface area contributed by atoms with E-state index in [1.54, 1.807) is 26.6 Å². The molecule has 0 aliphatic rings. The van der Waals surface area contributed by atoms with Crippen LogP contribution >= 0.6 is 0 Å². The summed E-state index contributed by atoms with van der Waals surface area (Å²) in [6.45, 7) is 0.360. The van der Waals surface area contributed by atoms with Crippen LogP contribution in [0.4, 0.5) is 0 Å². The van der Waals surface area contributed by atoms with E-state index in [0.29, 0.717) is 6.61 Å². The third-order valence-corrected chi connectivity index (χ3v) is 2.97. The molecule has 4 heteroatoms. The van der Waals surface area contributed by atoms with Crippen LogP contribution in [0.15, 0.2) is 48.8 Å². The van der Waals surface area contributed by atoms with E-state index in [2.05, 4.69) is 4.98 Å². The van der Waals surface area contributed by atoms with E-state index in [9.17, 15) is 0 Å². The summed E-state index contributed by atoms with van der Waals surface area (Å²) in [7, 11) is 3.18. The second kappa shape index (κ2) is 8.19. The number of rotatable bonds is 7. The van der Waals surface area contributed by atoms with Gasteiger partial charge in [-0.15, -0.1) is 0 Å². The van der Waals surface area contributed by atoms with Crippen LogP contribution in [0.25, 0.3) is 12.2 Å². The molecule has 2 aromatic rings. The van der Waals surface area contributed by atoms with Crippen molar-refractivity contribution in [1.29, 1.82) is 0 Å². The van der Waals surface area contributed by atoms with Crippen LogP contribution in [0.3, 0.4) is 0 Å². The van der Waals surface area contributed by atoms with E-state index < -0.39 is 0 Å². The van der Waals surface area contributed by atoms with Gasteiger partial charge >= 0.3 is 0 Å². The van der Waals surface area contributed by atoms with Gasteiger partial charge in [-0.2, -0.15) is 0 Å². The summed E-state index contributed by atoms with van der Waals surface area (Å²) < 4.78 is 15.7. The van der Waals surface area contributed by atoms with Crippen molar-refractivity contribution < 1.29 is 14.2 Å². The van der Waals surface area contributed by atoms with Gasteiger partial charge in [0.1, 0.15) is 12.4 Å². The Balaban J connectivity index is 1.91. The molecule has 0 unspecified atom stereocenters. The molecule has 0 amide bonds. The molecule has 0 bridgehead atoms. The molecule has 0 aliphatic heterocycles. The fraction of sp³-hybridized carbons (Fsp3) is 0.235. The van der Waals surface area contributed by atoms with Crippen LogP contribution in [-0.2, 0) is 9.47 Å². The van der Waals surface area contributed by atoms with Crippen molar-refractivity contribution in [3.05, 3.63) is 59.9 Å². The van der Waals surface area contributed by atoms with E-state index in [-0.39, 0.29) is 6.29 Å². The second-order valence-electron chi connectivity index (χ2n) is 4.39. The minimum absolute atomic E-state index is 0.351. The number of methoxy groups -OCH3 is 2. The number of hydrogen-bond donors (Lipinski definition) is 0. The monoisotopic (exact) mass is 285 g/mol. The highest BCUT2D eigenvalue weighted by Crippen LogP contribution is 2.15. The third kappa shape index (κ3) is 5.02. The van der Waals surface area contributed by atoms with Gasteiger partial charge in [0.15, 0.2) is 6.29 Å². The molecule has 1 aromatic carbocycles. The Labute approximate surface area is 125 Å². The van der Waals surface area contributed by atoms with Crippen LogP contribution in [0.1, 0.15) is 11.1 Å². The Morgan fingerprint density at radius 3 is 2.05 bits per heavy atom. The molecule has 4 nitrogen and oxygen atoms in total. The van der Waals surface area contributed by atoms with Crippen LogP contribution < -0.4 is 4.74 Å². The zero-order chi connectivity index (χ0) is 14.9. The smallest absolute Gasteiger partial charge is 0.191 e. The van der Waals surface area contributed by atoms with Crippen molar-refractivity contribution in [2.75, 3.05) is 20.8 Å². The maximum atomic E-state index is 5.59. The van der Waals surface area contributed by atoms with E-state index in [1.807, 2.05) is 48.6 Å². The average molecular weight is 285 g/mol. The summed E-state index contributed by atoms with van der Waals surface area (Å²) in [5.74, 6) is 0.787. The first kappa shape index (κ1) is 15.2. The minimum Gasteiger partial charge on any atom is -0.488 e. The molecule has 0 radical (unpaired) electrons. The van der Waals surface area contributed by atoms with Crippen LogP contribution in [0.5, 0.6) is 5.75 Å². The molecule has 0 N–H and O–H groups in total. The largest absolute Gasteiger partial charge is 0.488 e. The molecule has 0 aliphatic carbocycles. The first-order valence-corrected chi connectivity index (χ1v) is 6.68. The van der Waals surface area contributed by atoms with Crippen molar-refractivity contribution >= 4 is 12.2 Å². The summed E-state index contributed by atoms with van der Waals surface area (Å²) in [5, 5.41) is 0. The molecule has 0 saturated carbocycles. The fourth-order valence-corrected chi connectivity index (χ4v) is 1.74. The standard InChI is InChI=1S/C17H19NO3/c1-19-17(20-2)13-21-16-7-5-14(6-8-16)3-4-15-9-11-18-12-10-15/h3-12,17H,13H2,1-2H3/b4-3+. The molecular weight excluding hydrogens is 266 g/mol. The summed E-state index contributed by atoms with van der Waals surface area (Å²) in [5.41, 5.74) is 2.22. The van der Waals surface area contributed by atoms with Crippen molar-refractivity contribution in [1.82, 2.24) is 4.98 Å². The Hall–Kier alpha value is -2.17. The van der Waals surface area contributed by atoms with Crippen LogP contribution in [0.2, 0.25) is 0 Å². The normalized spacial score (nSPS) is 11.2. The molecule has 21 heavy (non-hydrogen) atoms. The molecule has 110 valence electrons. The maximum absolute atomic E-state index is 5.59. The summed E-state index contributed by atoms with van der Waals surface area (Å²) in [6, 6.07) is 11.8. The third-order valence-electron chi connectivity index (χ3n) is 2.97. The first-order chi connectivity index (χ1) is 10.3. The topological polar surface area (TPSA) is 40.6 Å². The summed E-state index contributed by atoms with van der Waals surface area (Å²) in [6.07, 6.45) is 7.30. The quantitative estimate of drug-likeness (QED) is 0.732. The van der Waals surface area contributed by atoms with Crippen LogP contribution in [0, 0.1) is 0 Å². The molecule has 2 rings (SSSR count). The van der Waals surface area contributed by atoms with Crippen LogP contribution in [-0.4, -0.2) is 32.1 Å². The van der Waals surface area contributed by atoms with E-state index in [1.165, 1.54) is 0 Å². The Bertz CT molecular complexity index is 548. The number of pyridine rings is 1. The zero-order valence-corrected chi connectivity index (χ0v) is 12.2. The fourth-order valence-electron chi connectivity index (χ4n) is 1.74. The van der Waals surface area contributed by atoms with E-state index in [0.717, 1.165) is 16.9 Å². The van der Waals surface area contributed by atoms with E-state index >= 15 is 0 Å². The highest BCUT2D eigenvalue weighted by molar-refractivity contribution is 5.69. The van der Waals surface area contributed by atoms with Gasteiger partial charge < -0.3 is 14.2 Å². The van der Waals surface area contributed by atoms with Crippen molar-refractivity contribution in [3.63, 3.8) is 0 Å². The molecular formula is C17H19NO3. The SMILES string of the molecule is COC(COc1ccc(/C=C/c2ccncc2)cc1)OC. The Morgan fingerprint density at radius 2 is 1.48 bits per heavy atom. The number of nitrogens with zero attached hydrogens (tertiary/aromatic N) is 1. The predicted octanol–water partition coefficient (Wildman–Crippen LogP) is 3.25. The summed E-state index contributed by atoms with van der Waals surface area (Å²) >= 11 is 0. The molecule has 0 atom stereocenters. The van der Waals surface area contributed by atoms with Gasteiger partial charge in [-0.1, -0.05) is 24.3 Å². The van der Waals surface area contributed by atoms with Gasteiger partial charge in [-0.05, 0) is 35.4 Å². The molecule has 1 aromatic heterocycles. The lowest BCUT2D eigenvalue weighted by Crippen LogP contribution is -2.21. The molecule has 0 saturated heterocycles. The molecule has 1 heterocycles. The zero-order valence-electron chi connectivity index (χ0n) is 12.2. The van der Waals surface area contributed by atoms with Gasteiger partial charge in [-0.25, -0.2) is 0 Å². The lowest BCUT2D eigenvalue weighted by atomic mass is 10.1. The average Bonchev–Trinajstić information content (AvgIpc) is 2.56. The van der Waals surface area contributed by atoms with Gasteiger partial charge in [0.25, 0.3) is 0 Å². The Kier molecular flexibility index (Phi) is 5.94. The van der Waals surface area contributed by atoms with Gasteiger partial charge in [0, 0.05) is 26.6 Å². The minimum atomic E-state index is -0.351. The number of aromatic nitrogens is 1. The number of ether oxygens (including phenoxy) is 3. The molecule has 0 fully saturated rings. The first-order valence-electron chi connectivity index (χ1n) is 6.68. The van der Waals surface area contributed by atoms with E-state index in [4.69, 9.17) is 14.2 Å². The van der Waals surface area contributed by atoms with Crippen molar-refractivity contribution in [3.8, 4) is 5.75 Å². The van der Waals surface area contributed by atoms with Crippen molar-refractivity contribution in [2.45, 2.75) is 6.29 Å². The Morgan fingerprint density at radius 1 is 0.905 bits per heavy atom. The lowest BCUT2D eigenvalue weighted by molar-refractivity contribution is -0.121. The van der Waals surface area contributed by atoms with Gasteiger partial charge in [0.05, 0.1) is 0 Å². The number of hydrogen-bond acceptors (Lipinski definition) is 4. The highest BCUT2D eigenvalue weighted by atomic mass is 16.7. The number of benzene rings is 1. The summed E-state index contributed by atoms with van der Waals surface area (Å²) in [4.78, 5) is 3.99. The maximum Gasteiger partial charge on any atom is 0.191 e.